The first-order valence-corrected chi connectivity index (χ1v) is 4.33. The standard InChI is InChI=1S/C6H6O.C4H9NO2/c7-6-4-2-1-3-5-6;1-2-3-7-4(5)6/h1-5,7H;2-3H2,1H3,(H2,5,6). The summed E-state index contributed by atoms with van der Waals surface area (Å²) in [5.74, 6) is 0.322. The molecule has 14 heavy (non-hydrogen) atoms. The molecule has 1 amide bonds. The molecular formula is C10H15NO3. The fourth-order valence-corrected chi connectivity index (χ4v) is 0.631. The minimum atomic E-state index is -0.693. The number of carbonyl (C=O) groups excluding carboxylic acids is 1. The SMILES string of the molecule is CCCOC(N)=O.Oc1ccccc1. The molecule has 78 valence electrons. The number of aromatic hydroxyl groups is 1. The smallest absolute Gasteiger partial charge is 0.404 e. The number of ether oxygens (including phenoxy) is 1. The highest BCUT2D eigenvalue weighted by atomic mass is 16.5. The molecule has 0 heterocycles. The average Bonchev–Trinajstić information content (AvgIpc) is 2.17. The summed E-state index contributed by atoms with van der Waals surface area (Å²) in [5, 5.41) is 8.63. The molecule has 0 radical (unpaired) electrons. The molecule has 1 aromatic carbocycles. The molecule has 4 nitrogen and oxygen atoms in total. The van der Waals surface area contributed by atoms with E-state index in [2.05, 4.69) is 10.5 Å². The van der Waals surface area contributed by atoms with Crippen molar-refractivity contribution in [3.05, 3.63) is 30.3 Å². The molecule has 0 saturated heterocycles. The lowest BCUT2D eigenvalue weighted by atomic mass is 10.3. The average molecular weight is 197 g/mol. The van der Waals surface area contributed by atoms with E-state index in [1.165, 1.54) is 0 Å². The Kier molecular flexibility index (Phi) is 6.95. The highest BCUT2D eigenvalue weighted by Gasteiger charge is 1.86. The molecule has 0 aliphatic heterocycles. The summed E-state index contributed by atoms with van der Waals surface area (Å²) in [6.45, 7) is 2.33. The molecule has 0 aliphatic carbocycles. The van der Waals surface area contributed by atoms with Gasteiger partial charge in [-0.3, -0.25) is 0 Å². The summed E-state index contributed by atoms with van der Waals surface area (Å²) in [6, 6.07) is 8.71. The van der Waals surface area contributed by atoms with Gasteiger partial charge < -0.3 is 15.6 Å². The van der Waals surface area contributed by atoms with E-state index < -0.39 is 6.09 Å². The zero-order valence-electron chi connectivity index (χ0n) is 8.14. The number of hydrogen-bond acceptors (Lipinski definition) is 3. The van der Waals surface area contributed by atoms with Gasteiger partial charge in [0.1, 0.15) is 5.75 Å². The summed E-state index contributed by atoms with van der Waals surface area (Å²) in [4.78, 5) is 9.76. The van der Waals surface area contributed by atoms with E-state index in [9.17, 15) is 4.79 Å². The molecule has 1 aromatic rings. The van der Waals surface area contributed by atoms with Gasteiger partial charge in [-0.25, -0.2) is 4.79 Å². The Hall–Kier alpha value is -1.71. The third kappa shape index (κ3) is 8.39. The van der Waals surface area contributed by atoms with Gasteiger partial charge in [0.05, 0.1) is 6.61 Å². The molecule has 4 heteroatoms. The zero-order chi connectivity index (χ0) is 10.8. The number of benzene rings is 1. The van der Waals surface area contributed by atoms with Crippen molar-refractivity contribution in [3.8, 4) is 5.75 Å². The highest BCUT2D eigenvalue weighted by molar-refractivity contribution is 5.64. The quantitative estimate of drug-likeness (QED) is 0.760. The minimum Gasteiger partial charge on any atom is -0.508 e. The minimum absolute atomic E-state index is 0.322. The monoisotopic (exact) mass is 197 g/mol. The van der Waals surface area contributed by atoms with Gasteiger partial charge in [0.2, 0.25) is 0 Å². The Morgan fingerprint density at radius 3 is 2.21 bits per heavy atom. The Bertz CT molecular complexity index is 249. The van der Waals surface area contributed by atoms with Crippen LogP contribution in [0.1, 0.15) is 13.3 Å². The lowest BCUT2D eigenvalue weighted by molar-refractivity contribution is 0.157. The van der Waals surface area contributed by atoms with E-state index in [-0.39, 0.29) is 0 Å². The van der Waals surface area contributed by atoms with Gasteiger partial charge in [0.15, 0.2) is 0 Å². The normalized spacial score (nSPS) is 8.36. The van der Waals surface area contributed by atoms with Crippen LogP contribution in [0.2, 0.25) is 0 Å². The fourth-order valence-electron chi connectivity index (χ4n) is 0.631. The number of para-hydroxylation sites is 1. The number of phenols is 1. The first-order valence-electron chi connectivity index (χ1n) is 4.33. The number of primary amides is 1. The third-order valence-electron chi connectivity index (χ3n) is 1.20. The van der Waals surface area contributed by atoms with Gasteiger partial charge in [-0.15, -0.1) is 0 Å². The maximum absolute atomic E-state index is 9.76. The van der Waals surface area contributed by atoms with Crippen molar-refractivity contribution in [1.82, 2.24) is 0 Å². The summed E-state index contributed by atoms with van der Waals surface area (Å²) in [6.07, 6.45) is 0.130. The molecule has 1 rings (SSSR count). The fraction of sp³-hybridized carbons (Fsp3) is 0.300. The van der Waals surface area contributed by atoms with E-state index >= 15 is 0 Å². The van der Waals surface area contributed by atoms with Gasteiger partial charge in [0, 0.05) is 0 Å². The topological polar surface area (TPSA) is 72.5 Å². The number of amides is 1. The lowest BCUT2D eigenvalue weighted by Gasteiger charge is -1.93. The molecule has 0 aliphatic rings. The van der Waals surface area contributed by atoms with Gasteiger partial charge in [-0.05, 0) is 18.6 Å². The second-order valence-corrected chi connectivity index (χ2v) is 2.50. The number of phenolic OH excluding ortho intramolecular Hbond substituents is 1. The predicted molar refractivity (Wildman–Crippen MR) is 53.9 cm³/mol. The van der Waals surface area contributed by atoms with E-state index in [0.717, 1.165) is 6.42 Å². The molecule has 3 N–H and O–H groups in total. The number of carbonyl (C=O) groups is 1. The molecule has 0 fully saturated rings. The predicted octanol–water partition coefficient (Wildman–Crippen LogP) is 1.88. The molecule has 0 spiro atoms. The molecule has 0 aromatic heterocycles. The van der Waals surface area contributed by atoms with Crippen LogP contribution < -0.4 is 5.73 Å². The highest BCUT2D eigenvalue weighted by Crippen LogP contribution is 2.02. The van der Waals surface area contributed by atoms with Crippen LogP contribution in [-0.4, -0.2) is 17.8 Å². The molecule has 0 bridgehead atoms. The van der Waals surface area contributed by atoms with Crippen molar-refractivity contribution >= 4 is 6.09 Å². The lowest BCUT2D eigenvalue weighted by Crippen LogP contribution is -2.12. The first-order chi connectivity index (χ1) is 6.66. The van der Waals surface area contributed by atoms with Gasteiger partial charge in [-0.2, -0.15) is 0 Å². The van der Waals surface area contributed by atoms with Crippen LogP contribution in [0, 0.1) is 0 Å². The Labute approximate surface area is 83.3 Å². The summed E-state index contributed by atoms with van der Waals surface area (Å²) < 4.78 is 4.33. The van der Waals surface area contributed by atoms with Crippen molar-refractivity contribution in [3.63, 3.8) is 0 Å². The van der Waals surface area contributed by atoms with Crippen molar-refractivity contribution in [2.75, 3.05) is 6.61 Å². The van der Waals surface area contributed by atoms with Crippen molar-refractivity contribution < 1.29 is 14.6 Å². The van der Waals surface area contributed by atoms with E-state index in [1.54, 1.807) is 24.3 Å². The van der Waals surface area contributed by atoms with Crippen LogP contribution in [0.3, 0.4) is 0 Å². The van der Waals surface area contributed by atoms with Gasteiger partial charge in [-0.1, -0.05) is 25.1 Å². The summed E-state index contributed by atoms with van der Waals surface area (Å²) >= 11 is 0. The number of nitrogens with two attached hydrogens (primary N) is 1. The van der Waals surface area contributed by atoms with Crippen molar-refractivity contribution in [2.45, 2.75) is 13.3 Å². The van der Waals surface area contributed by atoms with Crippen LogP contribution in [0.15, 0.2) is 30.3 Å². The third-order valence-corrected chi connectivity index (χ3v) is 1.20. The van der Waals surface area contributed by atoms with Crippen molar-refractivity contribution in [1.29, 1.82) is 0 Å². The Morgan fingerprint density at radius 1 is 1.43 bits per heavy atom. The molecule has 0 unspecified atom stereocenters. The Morgan fingerprint density at radius 2 is 2.00 bits per heavy atom. The van der Waals surface area contributed by atoms with Gasteiger partial charge >= 0.3 is 6.09 Å². The molecular weight excluding hydrogens is 182 g/mol. The van der Waals surface area contributed by atoms with E-state index in [0.29, 0.717) is 12.4 Å². The summed E-state index contributed by atoms with van der Waals surface area (Å²) in [5.41, 5.74) is 4.62. The van der Waals surface area contributed by atoms with E-state index in [4.69, 9.17) is 5.11 Å². The van der Waals surface area contributed by atoms with Crippen molar-refractivity contribution in [2.24, 2.45) is 5.73 Å². The maximum atomic E-state index is 9.76. The molecule has 0 atom stereocenters. The molecule has 0 saturated carbocycles. The zero-order valence-corrected chi connectivity index (χ0v) is 8.14. The van der Waals surface area contributed by atoms with Crippen LogP contribution in [0.25, 0.3) is 0 Å². The second-order valence-electron chi connectivity index (χ2n) is 2.50. The van der Waals surface area contributed by atoms with Gasteiger partial charge in [0.25, 0.3) is 0 Å². The second kappa shape index (κ2) is 7.91. The van der Waals surface area contributed by atoms with Crippen LogP contribution in [0.5, 0.6) is 5.75 Å². The number of hydrogen-bond donors (Lipinski definition) is 2. The largest absolute Gasteiger partial charge is 0.508 e. The number of rotatable bonds is 2. The van der Waals surface area contributed by atoms with Crippen LogP contribution in [0.4, 0.5) is 4.79 Å². The van der Waals surface area contributed by atoms with Crippen LogP contribution in [-0.2, 0) is 4.74 Å². The first kappa shape index (κ1) is 12.3. The summed E-state index contributed by atoms with van der Waals surface area (Å²) in [7, 11) is 0. The Balaban J connectivity index is 0.000000241. The van der Waals surface area contributed by atoms with Crippen LogP contribution >= 0.6 is 0 Å². The van der Waals surface area contributed by atoms with E-state index in [1.807, 2.05) is 13.0 Å². The maximum Gasteiger partial charge on any atom is 0.404 e.